The highest BCUT2D eigenvalue weighted by Gasteiger charge is 2.19. The first-order valence-corrected chi connectivity index (χ1v) is 11.5. The number of carbonyl (C=O) groups is 1. The Morgan fingerprint density at radius 2 is 1.90 bits per heavy atom. The largest absolute Gasteiger partial charge is 0.351 e. The van der Waals surface area contributed by atoms with Gasteiger partial charge in [-0.15, -0.1) is 0 Å². The van der Waals surface area contributed by atoms with Gasteiger partial charge in [0.25, 0.3) is 5.91 Å². The Labute approximate surface area is 171 Å². The van der Waals surface area contributed by atoms with Crippen LogP contribution >= 0.6 is 0 Å². The van der Waals surface area contributed by atoms with Crippen molar-refractivity contribution in [1.29, 1.82) is 0 Å². The maximum absolute atomic E-state index is 12.9. The quantitative estimate of drug-likeness (QED) is 0.641. The molecule has 0 atom stereocenters. The highest BCUT2D eigenvalue weighted by Crippen LogP contribution is 2.26. The molecule has 0 fully saturated rings. The number of carbonyl (C=O) groups excluding carboxylic acids is 1. The molecule has 3 rings (SSSR count). The van der Waals surface area contributed by atoms with Crippen molar-refractivity contribution in [1.82, 2.24) is 20.1 Å². The van der Waals surface area contributed by atoms with Gasteiger partial charge in [-0.05, 0) is 26.8 Å². The first-order valence-electron chi connectivity index (χ1n) is 9.65. The molecule has 29 heavy (non-hydrogen) atoms. The molecule has 0 bridgehead atoms. The summed E-state index contributed by atoms with van der Waals surface area (Å²) in [6, 6.07) is 9.75. The average Bonchev–Trinajstić information content (AvgIpc) is 3.12. The lowest BCUT2D eigenvalue weighted by Crippen LogP contribution is -2.29. The van der Waals surface area contributed by atoms with Crippen LogP contribution in [0.1, 0.15) is 42.7 Å². The fourth-order valence-electron chi connectivity index (χ4n) is 3.02. The van der Waals surface area contributed by atoms with Crippen LogP contribution in [0.25, 0.3) is 22.3 Å². The summed E-state index contributed by atoms with van der Waals surface area (Å²) in [5.74, 6) is -0.360. The van der Waals surface area contributed by atoms with Gasteiger partial charge in [-0.25, -0.2) is 18.1 Å². The molecule has 1 amide bonds. The lowest BCUT2D eigenvalue weighted by atomic mass is 10.1. The van der Waals surface area contributed by atoms with Crippen molar-refractivity contribution in [3.8, 4) is 11.3 Å². The molecule has 0 aliphatic rings. The van der Waals surface area contributed by atoms with Gasteiger partial charge in [0, 0.05) is 23.9 Å². The van der Waals surface area contributed by atoms with Crippen LogP contribution in [0.3, 0.4) is 0 Å². The second-order valence-electron chi connectivity index (χ2n) is 7.33. The maximum Gasteiger partial charge on any atom is 0.252 e. The minimum atomic E-state index is -3.15. The third-order valence-electron chi connectivity index (χ3n) is 4.79. The number of aryl methyl sites for hydroxylation is 1. The molecule has 0 aliphatic carbocycles. The van der Waals surface area contributed by atoms with Crippen molar-refractivity contribution >= 4 is 26.8 Å². The van der Waals surface area contributed by atoms with Crippen LogP contribution in [0, 0.1) is 6.92 Å². The van der Waals surface area contributed by atoms with Gasteiger partial charge in [0.05, 0.1) is 28.6 Å². The Morgan fingerprint density at radius 1 is 1.21 bits per heavy atom. The molecular weight excluding hydrogens is 388 g/mol. The van der Waals surface area contributed by atoms with Crippen molar-refractivity contribution in [2.45, 2.75) is 33.7 Å². The molecule has 0 spiro atoms. The number of sulfone groups is 1. The van der Waals surface area contributed by atoms with Gasteiger partial charge in [-0.2, -0.15) is 5.10 Å². The molecule has 0 aliphatic heterocycles. The number of hydrogen-bond donors (Lipinski definition) is 1. The van der Waals surface area contributed by atoms with Crippen LogP contribution in [0.5, 0.6) is 0 Å². The molecule has 2 aromatic heterocycles. The van der Waals surface area contributed by atoms with E-state index in [0.29, 0.717) is 22.3 Å². The number of fused-ring (bicyclic) bond motifs is 1. The highest BCUT2D eigenvalue weighted by molar-refractivity contribution is 7.91. The summed E-state index contributed by atoms with van der Waals surface area (Å²) in [7, 11) is -3.15. The van der Waals surface area contributed by atoms with Crippen LogP contribution in [0.15, 0.2) is 36.5 Å². The molecule has 0 saturated heterocycles. The van der Waals surface area contributed by atoms with Crippen molar-refractivity contribution in [3.63, 3.8) is 0 Å². The predicted octanol–water partition coefficient (Wildman–Crippen LogP) is 3.15. The lowest BCUT2D eigenvalue weighted by Gasteiger charge is -2.11. The second-order valence-corrected chi connectivity index (χ2v) is 9.81. The van der Waals surface area contributed by atoms with E-state index >= 15 is 0 Å². The van der Waals surface area contributed by atoms with E-state index in [-0.39, 0.29) is 30.0 Å². The van der Waals surface area contributed by atoms with E-state index in [1.807, 2.05) is 45.0 Å². The predicted molar refractivity (Wildman–Crippen MR) is 115 cm³/mol. The zero-order valence-electron chi connectivity index (χ0n) is 17.1. The summed E-state index contributed by atoms with van der Waals surface area (Å²) in [4.78, 5) is 17.6. The molecule has 7 nitrogen and oxygen atoms in total. The van der Waals surface area contributed by atoms with Crippen molar-refractivity contribution < 1.29 is 13.2 Å². The molecule has 8 heteroatoms. The molecule has 0 saturated carbocycles. The summed E-state index contributed by atoms with van der Waals surface area (Å²) in [6.07, 6.45) is 1.64. The minimum absolute atomic E-state index is 0.0567. The summed E-state index contributed by atoms with van der Waals surface area (Å²) >= 11 is 0. The summed E-state index contributed by atoms with van der Waals surface area (Å²) < 4.78 is 25.2. The normalized spacial score (nSPS) is 11.9. The Kier molecular flexibility index (Phi) is 6.02. The second kappa shape index (κ2) is 8.32. The SMILES string of the molecule is CCS(=O)(=O)CCNC(=O)c1cc(-c2ccc(C)cc2)nc2c1cnn2C(C)C. The molecular formula is C21H26N4O3S. The van der Waals surface area contributed by atoms with Crippen LogP contribution in [-0.4, -0.2) is 47.1 Å². The smallest absolute Gasteiger partial charge is 0.252 e. The first kappa shape index (κ1) is 21.0. The number of benzene rings is 1. The monoisotopic (exact) mass is 414 g/mol. The van der Waals surface area contributed by atoms with Crippen molar-refractivity contribution in [3.05, 3.63) is 47.7 Å². The molecule has 0 unspecified atom stereocenters. The van der Waals surface area contributed by atoms with E-state index in [2.05, 4.69) is 10.4 Å². The van der Waals surface area contributed by atoms with E-state index < -0.39 is 9.84 Å². The molecule has 0 radical (unpaired) electrons. The molecule has 1 N–H and O–H groups in total. The van der Waals surface area contributed by atoms with Gasteiger partial charge in [-0.1, -0.05) is 36.8 Å². The summed E-state index contributed by atoms with van der Waals surface area (Å²) in [5.41, 5.74) is 3.77. The van der Waals surface area contributed by atoms with Gasteiger partial charge in [0.15, 0.2) is 15.5 Å². The average molecular weight is 415 g/mol. The number of pyridine rings is 1. The zero-order chi connectivity index (χ0) is 21.2. The van der Waals surface area contributed by atoms with E-state index in [0.717, 1.165) is 11.1 Å². The Bertz CT molecular complexity index is 1130. The van der Waals surface area contributed by atoms with E-state index in [1.54, 1.807) is 23.9 Å². The topological polar surface area (TPSA) is 93.9 Å². The molecule has 154 valence electrons. The van der Waals surface area contributed by atoms with Gasteiger partial charge in [0.1, 0.15) is 0 Å². The number of nitrogens with one attached hydrogen (secondary N) is 1. The Hall–Kier alpha value is -2.74. The van der Waals surface area contributed by atoms with Gasteiger partial charge in [0.2, 0.25) is 0 Å². The summed E-state index contributed by atoms with van der Waals surface area (Å²) in [5, 5.41) is 7.77. The number of aromatic nitrogens is 3. The fraction of sp³-hybridized carbons (Fsp3) is 0.381. The minimum Gasteiger partial charge on any atom is -0.351 e. The fourth-order valence-corrected chi connectivity index (χ4v) is 3.72. The molecule has 1 aromatic carbocycles. The Morgan fingerprint density at radius 3 is 2.52 bits per heavy atom. The van der Waals surface area contributed by atoms with Gasteiger partial charge >= 0.3 is 0 Å². The molecule has 2 heterocycles. The Balaban J connectivity index is 2.02. The standard InChI is InChI=1S/C21H26N4O3S/c1-5-29(27,28)11-10-22-21(26)17-12-19(16-8-6-15(4)7-9-16)24-20-18(17)13-23-25(20)14(2)3/h6-9,12-14H,5,10-11H2,1-4H3,(H,22,26). The van der Waals surface area contributed by atoms with E-state index in [4.69, 9.17) is 4.98 Å². The van der Waals surface area contributed by atoms with Crippen LogP contribution in [0.4, 0.5) is 0 Å². The first-order chi connectivity index (χ1) is 13.7. The van der Waals surface area contributed by atoms with E-state index in [1.165, 1.54) is 0 Å². The third kappa shape index (κ3) is 4.64. The van der Waals surface area contributed by atoms with Gasteiger partial charge < -0.3 is 5.32 Å². The highest BCUT2D eigenvalue weighted by atomic mass is 32.2. The van der Waals surface area contributed by atoms with E-state index in [9.17, 15) is 13.2 Å². The van der Waals surface area contributed by atoms with Gasteiger partial charge in [-0.3, -0.25) is 4.79 Å². The number of hydrogen-bond acceptors (Lipinski definition) is 5. The van der Waals surface area contributed by atoms with Crippen LogP contribution in [0.2, 0.25) is 0 Å². The lowest BCUT2D eigenvalue weighted by molar-refractivity contribution is 0.0957. The number of rotatable bonds is 7. The maximum atomic E-state index is 12.9. The van der Waals surface area contributed by atoms with Crippen molar-refractivity contribution in [2.24, 2.45) is 0 Å². The van der Waals surface area contributed by atoms with Crippen LogP contribution in [-0.2, 0) is 9.84 Å². The third-order valence-corrected chi connectivity index (χ3v) is 6.49. The van der Waals surface area contributed by atoms with Crippen molar-refractivity contribution in [2.75, 3.05) is 18.1 Å². The number of amides is 1. The zero-order valence-corrected chi connectivity index (χ0v) is 18.0. The molecule has 3 aromatic rings. The van der Waals surface area contributed by atoms with Crippen LogP contribution < -0.4 is 5.32 Å². The number of nitrogens with zero attached hydrogens (tertiary/aromatic N) is 3. The summed E-state index contributed by atoms with van der Waals surface area (Å²) in [6.45, 7) is 7.68.